The van der Waals surface area contributed by atoms with Gasteiger partial charge in [0.25, 0.3) is 0 Å². The lowest BCUT2D eigenvalue weighted by molar-refractivity contribution is -0.153. The smallest absolute Gasteiger partial charge is 0.351 e. The molecule has 1 aliphatic heterocycles. The highest BCUT2D eigenvalue weighted by molar-refractivity contribution is 5.99. The molecular weight excluding hydrogens is 350 g/mol. The predicted molar refractivity (Wildman–Crippen MR) is 97.0 cm³/mol. The van der Waals surface area contributed by atoms with Gasteiger partial charge in [-0.15, -0.1) is 0 Å². The number of ketones is 1. The highest BCUT2D eigenvalue weighted by Crippen LogP contribution is 2.31. The van der Waals surface area contributed by atoms with E-state index in [2.05, 4.69) is 5.32 Å². The fourth-order valence-electron chi connectivity index (χ4n) is 2.44. The molecule has 7 nitrogen and oxygen atoms in total. The summed E-state index contributed by atoms with van der Waals surface area (Å²) in [4.78, 5) is 35.7. The molecule has 0 unspecified atom stereocenters. The number of ether oxygens (including phenoxy) is 3. The lowest BCUT2D eigenvalue weighted by Gasteiger charge is -2.24. The van der Waals surface area contributed by atoms with Crippen molar-refractivity contribution in [3.63, 3.8) is 0 Å². The van der Waals surface area contributed by atoms with E-state index in [1.54, 1.807) is 55.5 Å². The first-order valence-electron chi connectivity index (χ1n) is 8.55. The average Bonchev–Trinajstić information content (AvgIpc) is 2.71. The van der Waals surface area contributed by atoms with Gasteiger partial charge < -0.3 is 19.5 Å². The molecule has 27 heavy (non-hydrogen) atoms. The molecule has 3 rings (SSSR count). The summed E-state index contributed by atoms with van der Waals surface area (Å²) in [6, 6.07) is 13.4. The highest BCUT2D eigenvalue weighted by Gasteiger charge is 2.29. The van der Waals surface area contributed by atoms with Gasteiger partial charge in [-0.1, -0.05) is 19.1 Å². The minimum absolute atomic E-state index is 0.0237. The number of anilines is 1. The Bertz CT molecular complexity index is 846. The van der Waals surface area contributed by atoms with Crippen molar-refractivity contribution in [3.8, 4) is 11.5 Å². The van der Waals surface area contributed by atoms with E-state index in [0.717, 1.165) is 0 Å². The molecule has 1 N–H and O–H groups in total. The molecule has 1 aliphatic rings. The Balaban J connectivity index is 1.51. The van der Waals surface area contributed by atoms with Gasteiger partial charge in [0.15, 0.2) is 23.9 Å². The summed E-state index contributed by atoms with van der Waals surface area (Å²) in [5.74, 6) is -0.104. The first-order valence-corrected chi connectivity index (χ1v) is 8.55. The zero-order valence-electron chi connectivity index (χ0n) is 14.8. The second-order valence-electron chi connectivity index (χ2n) is 5.87. The highest BCUT2D eigenvalue weighted by atomic mass is 16.6. The van der Waals surface area contributed by atoms with E-state index in [9.17, 15) is 14.4 Å². The molecule has 0 radical (unpaired) electrons. The van der Waals surface area contributed by atoms with E-state index in [0.29, 0.717) is 29.2 Å². The Morgan fingerprint density at radius 3 is 2.48 bits per heavy atom. The van der Waals surface area contributed by atoms with Crippen molar-refractivity contribution < 1.29 is 28.6 Å². The molecule has 0 aromatic heterocycles. The molecule has 1 amide bonds. The standard InChI is InChI=1S/C20H19NO6/c1-2-19(23)21-14-9-7-13(8-10-14)15(22)11-26-20(24)18-12-25-16-5-3-4-6-17(16)27-18/h3-10,18H,2,11-12H2,1H3,(H,21,23)/t18-/m0/s1. The van der Waals surface area contributed by atoms with Crippen LogP contribution in [0.1, 0.15) is 23.7 Å². The summed E-state index contributed by atoms with van der Waals surface area (Å²) >= 11 is 0. The molecule has 7 heteroatoms. The van der Waals surface area contributed by atoms with Crippen LogP contribution < -0.4 is 14.8 Å². The number of carbonyl (C=O) groups excluding carboxylic acids is 3. The fraction of sp³-hybridized carbons (Fsp3) is 0.250. The van der Waals surface area contributed by atoms with E-state index in [1.807, 2.05) is 0 Å². The van der Waals surface area contributed by atoms with Crippen LogP contribution in [-0.2, 0) is 14.3 Å². The number of Topliss-reactive ketones (excluding diaryl/α,β-unsaturated/α-hetero) is 1. The van der Waals surface area contributed by atoms with Crippen molar-refractivity contribution in [2.75, 3.05) is 18.5 Å². The van der Waals surface area contributed by atoms with Crippen LogP contribution in [0.3, 0.4) is 0 Å². The third-order valence-electron chi connectivity index (χ3n) is 3.93. The van der Waals surface area contributed by atoms with Crippen molar-refractivity contribution in [2.45, 2.75) is 19.4 Å². The number of hydrogen-bond acceptors (Lipinski definition) is 6. The maximum absolute atomic E-state index is 12.2. The molecule has 0 saturated heterocycles. The summed E-state index contributed by atoms with van der Waals surface area (Å²) < 4.78 is 16.1. The minimum Gasteiger partial charge on any atom is -0.485 e. The van der Waals surface area contributed by atoms with Crippen LogP contribution in [0.25, 0.3) is 0 Å². The number of nitrogens with one attached hydrogen (secondary N) is 1. The summed E-state index contributed by atoms with van der Waals surface area (Å²) in [7, 11) is 0. The molecule has 2 aromatic carbocycles. The van der Waals surface area contributed by atoms with Crippen molar-refractivity contribution in [1.29, 1.82) is 0 Å². The summed E-state index contributed by atoms with van der Waals surface area (Å²) in [6.07, 6.45) is -0.548. The van der Waals surface area contributed by atoms with Crippen molar-refractivity contribution >= 4 is 23.3 Å². The molecule has 0 spiro atoms. The molecule has 2 aromatic rings. The first-order chi connectivity index (χ1) is 13.1. The number of hydrogen-bond donors (Lipinski definition) is 1. The second-order valence-corrected chi connectivity index (χ2v) is 5.87. The molecule has 0 aliphatic carbocycles. The van der Waals surface area contributed by atoms with Gasteiger partial charge in [0.05, 0.1) is 0 Å². The van der Waals surface area contributed by atoms with Gasteiger partial charge >= 0.3 is 5.97 Å². The van der Waals surface area contributed by atoms with Crippen LogP contribution in [0.5, 0.6) is 11.5 Å². The van der Waals surface area contributed by atoms with E-state index in [4.69, 9.17) is 14.2 Å². The van der Waals surface area contributed by atoms with Crippen LogP contribution in [0.15, 0.2) is 48.5 Å². The number of rotatable bonds is 6. The van der Waals surface area contributed by atoms with Crippen molar-refractivity contribution in [2.24, 2.45) is 0 Å². The normalized spacial score (nSPS) is 14.9. The third kappa shape index (κ3) is 4.63. The molecule has 140 valence electrons. The van der Waals surface area contributed by atoms with Crippen LogP contribution in [-0.4, -0.2) is 37.0 Å². The zero-order valence-corrected chi connectivity index (χ0v) is 14.8. The predicted octanol–water partition coefficient (Wildman–Crippen LogP) is 2.60. The number of esters is 1. The van der Waals surface area contributed by atoms with Crippen LogP contribution in [0.4, 0.5) is 5.69 Å². The maximum atomic E-state index is 12.2. The molecule has 1 atom stereocenters. The molecule has 0 bridgehead atoms. The molecule has 1 heterocycles. The average molecular weight is 369 g/mol. The number of amides is 1. The number of fused-ring (bicyclic) bond motifs is 1. The minimum atomic E-state index is -0.917. The Morgan fingerprint density at radius 2 is 1.78 bits per heavy atom. The van der Waals surface area contributed by atoms with Gasteiger partial charge in [0.2, 0.25) is 12.0 Å². The van der Waals surface area contributed by atoms with Crippen molar-refractivity contribution in [1.82, 2.24) is 0 Å². The fourth-order valence-corrected chi connectivity index (χ4v) is 2.44. The Morgan fingerprint density at radius 1 is 1.07 bits per heavy atom. The number of benzene rings is 2. The summed E-state index contributed by atoms with van der Waals surface area (Å²) in [6.45, 7) is 1.37. The molecular formula is C20H19NO6. The number of para-hydroxylation sites is 2. The van der Waals surface area contributed by atoms with Crippen LogP contribution in [0.2, 0.25) is 0 Å². The molecule has 0 fully saturated rings. The monoisotopic (exact) mass is 369 g/mol. The largest absolute Gasteiger partial charge is 0.485 e. The van der Waals surface area contributed by atoms with Crippen molar-refractivity contribution in [3.05, 3.63) is 54.1 Å². The Hall–Kier alpha value is -3.35. The molecule has 0 saturated carbocycles. The van der Waals surface area contributed by atoms with Gasteiger partial charge in [0, 0.05) is 17.7 Å². The van der Waals surface area contributed by atoms with Gasteiger partial charge in [-0.25, -0.2) is 4.79 Å². The third-order valence-corrected chi connectivity index (χ3v) is 3.93. The topological polar surface area (TPSA) is 90.9 Å². The van der Waals surface area contributed by atoms with Crippen LogP contribution in [0, 0.1) is 0 Å². The lowest BCUT2D eigenvalue weighted by Crippen LogP contribution is -2.38. The van der Waals surface area contributed by atoms with Gasteiger partial charge in [-0.2, -0.15) is 0 Å². The Labute approximate surface area is 156 Å². The van der Waals surface area contributed by atoms with Gasteiger partial charge in [-0.3, -0.25) is 9.59 Å². The van der Waals surface area contributed by atoms with E-state index >= 15 is 0 Å². The second kappa shape index (κ2) is 8.35. The van der Waals surface area contributed by atoms with E-state index in [1.165, 1.54) is 0 Å². The van der Waals surface area contributed by atoms with Gasteiger partial charge in [-0.05, 0) is 36.4 Å². The quantitative estimate of drug-likeness (QED) is 0.622. The Kier molecular flexibility index (Phi) is 5.71. The lowest BCUT2D eigenvalue weighted by atomic mass is 10.1. The number of carbonyl (C=O) groups is 3. The summed E-state index contributed by atoms with van der Waals surface area (Å²) in [5.41, 5.74) is 0.977. The maximum Gasteiger partial charge on any atom is 0.351 e. The first kappa shape index (κ1) is 18.4. The van der Waals surface area contributed by atoms with Crippen LogP contribution >= 0.6 is 0 Å². The van der Waals surface area contributed by atoms with E-state index in [-0.39, 0.29) is 18.3 Å². The van der Waals surface area contributed by atoms with E-state index < -0.39 is 18.7 Å². The zero-order chi connectivity index (χ0) is 19.2. The van der Waals surface area contributed by atoms with Gasteiger partial charge in [0.1, 0.15) is 6.61 Å². The SMILES string of the molecule is CCC(=O)Nc1ccc(C(=O)COC(=O)[C@@H]2COc3ccccc3O2)cc1. The summed E-state index contributed by atoms with van der Waals surface area (Å²) in [5, 5.41) is 2.69.